The molecule has 88 valence electrons. The zero-order valence-electron chi connectivity index (χ0n) is 10.2. The van der Waals surface area contributed by atoms with Gasteiger partial charge in [-0.05, 0) is 43.2 Å². The molecular formula is C15H17NO. The van der Waals surface area contributed by atoms with Crippen molar-refractivity contribution in [1.82, 2.24) is 0 Å². The molecule has 0 saturated heterocycles. The van der Waals surface area contributed by atoms with Crippen molar-refractivity contribution >= 4 is 5.69 Å². The summed E-state index contributed by atoms with van der Waals surface area (Å²) in [6.45, 7) is 4.63. The molecule has 0 spiro atoms. The molecule has 0 amide bonds. The van der Waals surface area contributed by atoms with Crippen LogP contribution in [0.25, 0.3) is 0 Å². The summed E-state index contributed by atoms with van der Waals surface area (Å²) in [6.07, 6.45) is 0. The first-order valence-corrected chi connectivity index (χ1v) is 5.70. The fourth-order valence-corrected chi connectivity index (χ4v) is 1.66. The normalized spacial score (nSPS) is 10.2. The van der Waals surface area contributed by atoms with Crippen molar-refractivity contribution in [2.24, 2.45) is 0 Å². The number of benzene rings is 2. The summed E-state index contributed by atoms with van der Waals surface area (Å²) >= 11 is 0. The number of ether oxygens (including phenoxy) is 1. The van der Waals surface area contributed by atoms with Crippen LogP contribution in [-0.2, 0) is 6.61 Å². The Kier molecular flexibility index (Phi) is 3.33. The number of anilines is 1. The van der Waals surface area contributed by atoms with Crippen LogP contribution >= 0.6 is 0 Å². The van der Waals surface area contributed by atoms with E-state index < -0.39 is 0 Å². The zero-order valence-corrected chi connectivity index (χ0v) is 10.2. The highest BCUT2D eigenvalue weighted by Crippen LogP contribution is 2.18. The summed E-state index contributed by atoms with van der Waals surface area (Å²) in [5.41, 5.74) is 10.1. The molecule has 2 rings (SSSR count). The van der Waals surface area contributed by atoms with E-state index in [2.05, 4.69) is 6.92 Å². The Balaban J connectivity index is 2.07. The van der Waals surface area contributed by atoms with Crippen LogP contribution < -0.4 is 10.5 Å². The van der Waals surface area contributed by atoms with Crippen LogP contribution in [0.2, 0.25) is 0 Å². The molecule has 2 aromatic carbocycles. The molecule has 0 radical (unpaired) electrons. The van der Waals surface area contributed by atoms with E-state index >= 15 is 0 Å². The van der Waals surface area contributed by atoms with Gasteiger partial charge in [-0.3, -0.25) is 0 Å². The summed E-state index contributed by atoms with van der Waals surface area (Å²) in [5.74, 6) is 0.887. The minimum Gasteiger partial charge on any atom is -0.489 e. The molecule has 0 aliphatic rings. The maximum Gasteiger partial charge on any atom is 0.119 e. The second-order valence-corrected chi connectivity index (χ2v) is 4.23. The van der Waals surface area contributed by atoms with Crippen LogP contribution in [0.4, 0.5) is 5.69 Å². The van der Waals surface area contributed by atoms with E-state index in [0.717, 1.165) is 22.6 Å². The summed E-state index contributed by atoms with van der Waals surface area (Å²) in [7, 11) is 0. The minimum absolute atomic E-state index is 0.555. The average Bonchev–Trinajstić information content (AvgIpc) is 2.33. The molecule has 0 aliphatic carbocycles. The lowest BCUT2D eigenvalue weighted by Gasteiger charge is -2.10. The molecule has 2 N–H and O–H groups in total. The fraction of sp³-hybridized carbons (Fsp3) is 0.200. The van der Waals surface area contributed by atoms with Gasteiger partial charge in [-0.25, -0.2) is 0 Å². The molecule has 2 heteroatoms. The van der Waals surface area contributed by atoms with E-state index in [0.29, 0.717) is 6.61 Å². The lowest BCUT2D eigenvalue weighted by Crippen LogP contribution is -2.00. The third-order valence-electron chi connectivity index (χ3n) is 2.90. The van der Waals surface area contributed by atoms with Gasteiger partial charge in [-0.1, -0.05) is 29.8 Å². The maximum absolute atomic E-state index is 5.85. The van der Waals surface area contributed by atoms with Crippen molar-refractivity contribution < 1.29 is 4.74 Å². The molecule has 2 aromatic rings. The number of aryl methyl sites for hydroxylation is 1. The Bertz CT molecular complexity index is 503. The molecule has 0 atom stereocenters. The summed E-state index contributed by atoms with van der Waals surface area (Å²) in [5, 5.41) is 0. The van der Waals surface area contributed by atoms with E-state index in [1.807, 2.05) is 49.4 Å². The third-order valence-corrected chi connectivity index (χ3v) is 2.90. The second kappa shape index (κ2) is 4.91. The van der Waals surface area contributed by atoms with Gasteiger partial charge in [-0.2, -0.15) is 0 Å². The molecule has 0 fully saturated rings. The van der Waals surface area contributed by atoms with Gasteiger partial charge in [0.25, 0.3) is 0 Å². The molecule has 17 heavy (non-hydrogen) atoms. The Morgan fingerprint density at radius 1 is 1.00 bits per heavy atom. The van der Waals surface area contributed by atoms with Gasteiger partial charge in [0.05, 0.1) is 0 Å². The molecule has 0 unspecified atom stereocenters. The smallest absolute Gasteiger partial charge is 0.119 e. The lowest BCUT2D eigenvalue weighted by molar-refractivity contribution is 0.305. The van der Waals surface area contributed by atoms with Crippen LogP contribution in [0.5, 0.6) is 5.75 Å². The standard InChI is InChI=1S/C15H17NO/c1-11-6-8-14(9-7-11)17-10-13-4-3-5-15(16)12(13)2/h3-9H,10,16H2,1-2H3. The molecule has 2 nitrogen and oxygen atoms in total. The van der Waals surface area contributed by atoms with Crippen molar-refractivity contribution in [1.29, 1.82) is 0 Å². The first-order valence-electron chi connectivity index (χ1n) is 5.70. The Morgan fingerprint density at radius 2 is 1.71 bits per heavy atom. The van der Waals surface area contributed by atoms with Crippen LogP contribution in [0.3, 0.4) is 0 Å². The van der Waals surface area contributed by atoms with Crippen molar-refractivity contribution in [2.75, 3.05) is 5.73 Å². The van der Waals surface area contributed by atoms with Gasteiger partial charge in [-0.15, -0.1) is 0 Å². The molecule has 0 aromatic heterocycles. The molecule has 0 aliphatic heterocycles. The maximum atomic E-state index is 5.85. The lowest BCUT2D eigenvalue weighted by atomic mass is 10.1. The van der Waals surface area contributed by atoms with E-state index in [1.54, 1.807) is 0 Å². The SMILES string of the molecule is Cc1ccc(OCc2cccc(N)c2C)cc1. The first-order chi connectivity index (χ1) is 8.16. The predicted molar refractivity (Wildman–Crippen MR) is 71.1 cm³/mol. The van der Waals surface area contributed by atoms with Crippen LogP contribution in [0.15, 0.2) is 42.5 Å². The molecule has 0 bridgehead atoms. The van der Waals surface area contributed by atoms with Crippen LogP contribution in [-0.4, -0.2) is 0 Å². The van der Waals surface area contributed by atoms with Crippen molar-refractivity contribution in [3.05, 3.63) is 59.2 Å². The van der Waals surface area contributed by atoms with Gasteiger partial charge in [0, 0.05) is 5.69 Å². The Hall–Kier alpha value is -1.96. The summed E-state index contributed by atoms with van der Waals surface area (Å²) in [4.78, 5) is 0. The Labute approximate surface area is 102 Å². The second-order valence-electron chi connectivity index (χ2n) is 4.23. The highest BCUT2D eigenvalue weighted by Gasteiger charge is 2.02. The Morgan fingerprint density at radius 3 is 2.41 bits per heavy atom. The minimum atomic E-state index is 0.555. The number of hydrogen-bond acceptors (Lipinski definition) is 2. The average molecular weight is 227 g/mol. The van der Waals surface area contributed by atoms with Gasteiger partial charge in [0.1, 0.15) is 12.4 Å². The molecule has 0 heterocycles. The number of hydrogen-bond donors (Lipinski definition) is 1. The van der Waals surface area contributed by atoms with Crippen molar-refractivity contribution in [3.63, 3.8) is 0 Å². The summed E-state index contributed by atoms with van der Waals surface area (Å²) < 4.78 is 5.73. The number of rotatable bonds is 3. The summed E-state index contributed by atoms with van der Waals surface area (Å²) in [6, 6.07) is 14.0. The van der Waals surface area contributed by atoms with Gasteiger partial charge in [0.2, 0.25) is 0 Å². The third kappa shape index (κ3) is 2.78. The predicted octanol–water partition coefficient (Wildman–Crippen LogP) is 3.46. The highest BCUT2D eigenvalue weighted by molar-refractivity contribution is 5.49. The first kappa shape index (κ1) is 11.5. The number of nitrogens with two attached hydrogens (primary N) is 1. The fourth-order valence-electron chi connectivity index (χ4n) is 1.66. The molecular weight excluding hydrogens is 210 g/mol. The van der Waals surface area contributed by atoms with Crippen LogP contribution in [0, 0.1) is 13.8 Å². The number of nitrogen functional groups attached to an aromatic ring is 1. The topological polar surface area (TPSA) is 35.2 Å². The highest BCUT2D eigenvalue weighted by atomic mass is 16.5. The monoisotopic (exact) mass is 227 g/mol. The zero-order chi connectivity index (χ0) is 12.3. The largest absolute Gasteiger partial charge is 0.489 e. The van der Waals surface area contributed by atoms with Gasteiger partial charge < -0.3 is 10.5 Å². The molecule has 0 saturated carbocycles. The van der Waals surface area contributed by atoms with E-state index in [9.17, 15) is 0 Å². The van der Waals surface area contributed by atoms with Crippen LogP contribution in [0.1, 0.15) is 16.7 Å². The van der Waals surface area contributed by atoms with E-state index in [4.69, 9.17) is 10.5 Å². The quantitative estimate of drug-likeness (QED) is 0.815. The van der Waals surface area contributed by atoms with E-state index in [-0.39, 0.29) is 0 Å². The van der Waals surface area contributed by atoms with Gasteiger partial charge >= 0.3 is 0 Å². The van der Waals surface area contributed by atoms with Crippen molar-refractivity contribution in [3.8, 4) is 5.75 Å². The van der Waals surface area contributed by atoms with Gasteiger partial charge in [0.15, 0.2) is 0 Å². The van der Waals surface area contributed by atoms with Crippen molar-refractivity contribution in [2.45, 2.75) is 20.5 Å². The van der Waals surface area contributed by atoms with E-state index in [1.165, 1.54) is 5.56 Å².